The molecule has 1 aliphatic carbocycles. The third-order valence-corrected chi connectivity index (χ3v) is 4.94. The molecular formula is C20H29NO3. The summed E-state index contributed by atoms with van der Waals surface area (Å²) < 4.78 is 5.03. The number of carbonyl (C=O) groups is 2. The molecule has 0 heterocycles. The molecule has 0 aliphatic heterocycles. The molecule has 1 aliphatic rings. The molecule has 132 valence electrons. The summed E-state index contributed by atoms with van der Waals surface area (Å²) in [5, 5.41) is 0. The van der Waals surface area contributed by atoms with E-state index in [0.29, 0.717) is 12.5 Å². The van der Waals surface area contributed by atoms with E-state index in [1.807, 2.05) is 24.3 Å². The number of ether oxygens (including phenoxy) is 1. The van der Waals surface area contributed by atoms with Crippen LogP contribution in [0.4, 0.5) is 0 Å². The number of ketones is 1. The molecule has 0 amide bonds. The first-order valence-corrected chi connectivity index (χ1v) is 8.96. The first kappa shape index (κ1) is 18.7. The lowest BCUT2D eigenvalue weighted by molar-refractivity contribution is -0.142. The molecule has 1 atom stereocenters. The molecule has 1 aromatic carbocycles. The highest BCUT2D eigenvalue weighted by atomic mass is 16.5. The van der Waals surface area contributed by atoms with E-state index in [0.717, 1.165) is 49.8 Å². The zero-order valence-electron chi connectivity index (χ0n) is 14.8. The van der Waals surface area contributed by atoms with Gasteiger partial charge in [-0.1, -0.05) is 31.2 Å². The summed E-state index contributed by atoms with van der Waals surface area (Å²) >= 11 is 0. The highest BCUT2D eigenvalue weighted by Crippen LogP contribution is 2.30. The Morgan fingerprint density at radius 2 is 1.79 bits per heavy atom. The van der Waals surface area contributed by atoms with Crippen LogP contribution in [0.1, 0.15) is 55.5 Å². The van der Waals surface area contributed by atoms with Crippen molar-refractivity contribution in [2.45, 2.75) is 46.0 Å². The lowest BCUT2D eigenvalue weighted by atomic mass is 9.78. The number of rotatable bonds is 7. The molecular weight excluding hydrogens is 302 g/mol. The van der Waals surface area contributed by atoms with Gasteiger partial charge in [-0.2, -0.15) is 0 Å². The quantitative estimate of drug-likeness (QED) is 0.614. The fourth-order valence-electron chi connectivity index (χ4n) is 3.42. The monoisotopic (exact) mass is 331 g/mol. The number of hydrogen-bond acceptors (Lipinski definition) is 4. The topological polar surface area (TPSA) is 69.4 Å². The zero-order valence-corrected chi connectivity index (χ0v) is 14.8. The second-order valence-corrected chi connectivity index (χ2v) is 7.13. The van der Waals surface area contributed by atoms with Crippen LogP contribution < -0.4 is 5.73 Å². The van der Waals surface area contributed by atoms with Gasteiger partial charge in [-0.05, 0) is 56.0 Å². The van der Waals surface area contributed by atoms with Gasteiger partial charge in [-0.25, -0.2) is 0 Å². The van der Waals surface area contributed by atoms with Crippen molar-refractivity contribution < 1.29 is 14.3 Å². The Morgan fingerprint density at radius 1 is 1.17 bits per heavy atom. The van der Waals surface area contributed by atoms with E-state index in [2.05, 4.69) is 6.92 Å². The van der Waals surface area contributed by atoms with Crippen molar-refractivity contribution in [1.29, 1.82) is 0 Å². The maximum Gasteiger partial charge on any atom is 0.302 e. The van der Waals surface area contributed by atoms with Crippen molar-refractivity contribution in [1.82, 2.24) is 0 Å². The van der Waals surface area contributed by atoms with E-state index >= 15 is 0 Å². The van der Waals surface area contributed by atoms with Gasteiger partial charge in [0, 0.05) is 18.4 Å². The van der Waals surface area contributed by atoms with Gasteiger partial charge >= 0.3 is 5.97 Å². The summed E-state index contributed by atoms with van der Waals surface area (Å²) in [4.78, 5) is 23.5. The van der Waals surface area contributed by atoms with Crippen molar-refractivity contribution in [3.05, 3.63) is 35.4 Å². The minimum atomic E-state index is -0.243. The summed E-state index contributed by atoms with van der Waals surface area (Å²) in [5.74, 6) is 1.04. The minimum Gasteiger partial charge on any atom is -0.466 e. The Balaban J connectivity index is 1.87. The Hall–Kier alpha value is -1.68. The second-order valence-electron chi connectivity index (χ2n) is 7.13. The van der Waals surface area contributed by atoms with Crippen LogP contribution in [0.3, 0.4) is 0 Å². The summed E-state index contributed by atoms with van der Waals surface area (Å²) in [6, 6.07) is 7.91. The average Bonchev–Trinajstić information content (AvgIpc) is 2.60. The summed E-state index contributed by atoms with van der Waals surface area (Å²) in [5.41, 5.74) is 7.69. The molecule has 4 heteroatoms. The van der Waals surface area contributed by atoms with Crippen LogP contribution in [-0.4, -0.2) is 24.9 Å². The molecule has 1 fully saturated rings. The zero-order chi connectivity index (χ0) is 17.5. The van der Waals surface area contributed by atoms with Gasteiger partial charge in [0.2, 0.25) is 0 Å². The van der Waals surface area contributed by atoms with Crippen LogP contribution in [0.2, 0.25) is 0 Å². The Labute approximate surface area is 144 Å². The average molecular weight is 331 g/mol. The van der Waals surface area contributed by atoms with E-state index in [1.165, 1.54) is 6.92 Å². The maximum atomic E-state index is 12.6. The third-order valence-electron chi connectivity index (χ3n) is 4.94. The molecule has 1 unspecified atom stereocenters. The number of hydrogen-bond donors (Lipinski definition) is 1. The molecule has 2 N–H and O–H groups in total. The predicted octanol–water partition coefficient (Wildman–Crippen LogP) is 3.38. The van der Waals surface area contributed by atoms with E-state index < -0.39 is 0 Å². The number of esters is 1. The normalized spacial score (nSPS) is 22.0. The van der Waals surface area contributed by atoms with Crippen molar-refractivity contribution >= 4 is 11.8 Å². The molecule has 1 aromatic rings. The standard InChI is InChI=1S/C20H29NO3/c1-14(13-24-15(2)22)11-16-3-7-18(8-4-16)20(23)19-9-5-17(12-21)6-10-19/h3-4,7-8,14,17,19H,5-6,9-13,21H2,1-2H3. The summed E-state index contributed by atoms with van der Waals surface area (Å²) in [6.45, 7) is 4.65. The van der Waals surface area contributed by atoms with Gasteiger partial charge < -0.3 is 10.5 Å². The van der Waals surface area contributed by atoms with E-state index in [-0.39, 0.29) is 23.6 Å². The smallest absolute Gasteiger partial charge is 0.302 e. The van der Waals surface area contributed by atoms with Gasteiger partial charge in [-0.15, -0.1) is 0 Å². The molecule has 0 radical (unpaired) electrons. The van der Waals surface area contributed by atoms with Crippen LogP contribution in [0.5, 0.6) is 0 Å². The van der Waals surface area contributed by atoms with E-state index in [9.17, 15) is 9.59 Å². The first-order valence-electron chi connectivity index (χ1n) is 8.96. The minimum absolute atomic E-state index is 0.154. The lowest BCUT2D eigenvalue weighted by Gasteiger charge is -2.26. The number of nitrogens with two attached hydrogens (primary N) is 1. The molecule has 0 spiro atoms. The molecule has 0 bridgehead atoms. The van der Waals surface area contributed by atoms with Crippen molar-refractivity contribution in [2.24, 2.45) is 23.5 Å². The molecule has 4 nitrogen and oxygen atoms in total. The number of benzene rings is 1. The highest BCUT2D eigenvalue weighted by Gasteiger charge is 2.26. The lowest BCUT2D eigenvalue weighted by Crippen LogP contribution is -2.25. The fourth-order valence-corrected chi connectivity index (χ4v) is 3.42. The van der Waals surface area contributed by atoms with Gasteiger partial charge in [0.15, 0.2) is 5.78 Å². The second kappa shape index (κ2) is 8.97. The summed E-state index contributed by atoms with van der Waals surface area (Å²) in [7, 11) is 0. The van der Waals surface area contributed by atoms with Crippen molar-refractivity contribution in [3.8, 4) is 0 Å². The Kier molecular flexibility index (Phi) is 6.98. The molecule has 2 rings (SSSR count). The van der Waals surface area contributed by atoms with Gasteiger partial charge in [-0.3, -0.25) is 9.59 Å². The van der Waals surface area contributed by atoms with Crippen LogP contribution in [0.15, 0.2) is 24.3 Å². The van der Waals surface area contributed by atoms with Gasteiger partial charge in [0.25, 0.3) is 0 Å². The van der Waals surface area contributed by atoms with Gasteiger partial charge in [0.05, 0.1) is 6.61 Å². The SMILES string of the molecule is CC(=O)OCC(C)Cc1ccc(C(=O)C2CCC(CN)CC2)cc1. The summed E-state index contributed by atoms with van der Waals surface area (Å²) in [6.07, 6.45) is 4.89. The van der Waals surface area contributed by atoms with Crippen LogP contribution in [0, 0.1) is 17.8 Å². The van der Waals surface area contributed by atoms with Crippen LogP contribution in [-0.2, 0) is 16.0 Å². The fraction of sp³-hybridized carbons (Fsp3) is 0.600. The molecule has 0 aromatic heterocycles. The first-order chi connectivity index (χ1) is 11.5. The van der Waals surface area contributed by atoms with Gasteiger partial charge in [0.1, 0.15) is 0 Å². The van der Waals surface area contributed by atoms with E-state index in [4.69, 9.17) is 10.5 Å². The molecule has 0 saturated heterocycles. The van der Waals surface area contributed by atoms with Crippen molar-refractivity contribution in [2.75, 3.05) is 13.2 Å². The largest absolute Gasteiger partial charge is 0.466 e. The number of Topliss-reactive ketones (excluding diaryl/α,β-unsaturated/α-hetero) is 1. The molecule has 24 heavy (non-hydrogen) atoms. The maximum absolute atomic E-state index is 12.6. The Morgan fingerprint density at radius 3 is 2.33 bits per heavy atom. The predicted molar refractivity (Wildman–Crippen MR) is 94.8 cm³/mol. The van der Waals surface area contributed by atoms with E-state index in [1.54, 1.807) is 0 Å². The number of carbonyl (C=O) groups excluding carboxylic acids is 2. The third kappa shape index (κ3) is 5.45. The Bertz CT molecular complexity index is 545. The van der Waals surface area contributed by atoms with Crippen LogP contribution >= 0.6 is 0 Å². The van der Waals surface area contributed by atoms with Crippen molar-refractivity contribution in [3.63, 3.8) is 0 Å². The molecule has 1 saturated carbocycles. The van der Waals surface area contributed by atoms with Crippen LogP contribution in [0.25, 0.3) is 0 Å². The highest BCUT2D eigenvalue weighted by molar-refractivity contribution is 5.97.